The number of nitrogens with one attached hydrogen (secondary N) is 3. The first-order chi connectivity index (χ1) is 28.0. The molecule has 1 saturated heterocycles. The van der Waals surface area contributed by atoms with Gasteiger partial charge in [-0.25, -0.2) is 5.90 Å². The van der Waals surface area contributed by atoms with Crippen LogP contribution >= 0.6 is 0 Å². The first-order valence-electron chi connectivity index (χ1n) is 21.0. The van der Waals surface area contributed by atoms with Crippen LogP contribution in [-0.2, 0) is 40.0 Å². The lowest BCUT2D eigenvalue weighted by Gasteiger charge is -2.71. The predicted molar refractivity (Wildman–Crippen MR) is 213 cm³/mol. The summed E-state index contributed by atoms with van der Waals surface area (Å²) in [6, 6.07) is 7.39. The van der Waals surface area contributed by atoms with E-state index in [1.165, 1.54) is 0 Å². The molecule has 318 valence electrons. The van der Waals surface area contributed by atoms with Crippen molar-refractivity contribution in [3.8, 4) is 0 Å². The molecule has 0 spiro atoms. The Morgan fingerprint density at radius 2 is 1.80 bits per heavy atom. The standard InChI is InChI=1S/C44H57N5O10/c1-40-12-11-29(51)13-26(40)5-8-30-31-14-27-18-49(24-44(27,34(53)19-50)41(31,2)16-33(52)38(30)40)28-6-3-25(4-7-28)15-42-21-43(22-42,23-42)48-39(58)32(9-10-37(56)57)47-35(54)17-46-36(55)20-59-45/h3-4,6-7,11-13,27,30-33,38,50,52H,5,8-10,14-24,45H2,1-2H3,(H,46,55)(H,47,54)(H,48,58)(H,56,57)/t27-,30-,31-,32-,33-,38+,40-,41-,42?,43?,44+/m0/s1. The first kappa shape index (κ1) is 41.3. The van der Waals surface area contributed by atoms with Crippen LogP contribution in [0.1, 0.15) is 77.2 Å². The Balaban J connectivity index is 0.893. The number of aliphatic hydroxyl groups is 2. The quantitative estimate of drug-likeness (QED) is 0.125. The number of aliphatic hydroxyl groups excluding tert-OH is 2. The Hall–Kier alpha value is -4.44. The van der Waals surface area contributed by atoms with Crippen molar-refractivity contribution in [1.29, 1.82) is 0 Å². The molecule has 2 bridgehead atoms. The molecule has 7 aliphatic carbocycles. The molecule has 6 saturated carbocycles. The van der Waals surface area contributed by atoms with Crippen LogP contribution < -0.4 is 26.7 Å². The van der Waals surface area contributed by atoms with E-state index in [4.69, 9.17) is 5.90 Å². The summed E-state index contributed by atoms with van der Waals surface area (Å²) in [7, 11) is 0. The molecule has 7 fully saturated rings. The highest BCUT2D eigenvalue weighted by Crippen LogP contribution is 2.73. The second-order valence-electron chi connectivity index (χ2n) is 19.4. The second-order valence-corrected chi connectivity index (χ2v) is 19.4. The first-order valence-corrected chi connectivity index (χ1v) is 21.0. The van der Waals surface area contributed by atoms with E-state index >= 15 is 0 Å². The van der Waals surface area contributed by atoms with Crippen molar-refractivity contribution in [2.45, 2.75) is 95.7 Å². The Labute approximate surface area is 343 Å². The van der Waals surface area contributed by atoms with E-state index in [9.17, 15) is 44.1 Å². The lowest BCUT2D eigenvalue weighted by molar-refractivity contribution is -0.166. The van der Waals surface area contributed by atoms with Gasteiger partial charge in [0.05, 0.1) is 18.1 Å². The fourth-order valence-corrected chi connectivity index (χ4v) is 13.8. The van der Waals surface area contributed by atoms with Crippen LogP contribution in [0.4, 0.5) is 5.69 Å². The van der Waals surface area contributed by atoms with Crippen LogP contribution in [0.5, 0.6) is 0 Å². The summed E-state index contributed by atoms with van der Waals surface area (Å²) in [4.78, 5) is 81.5. The number of hydrogen-bond donors (Lipinski definition) is 7. The van der Waals surface area contributed by atoms with E-state index in [2.05, 4.69) is 63.8 Å². The molecule has 8 aliphatic rings. The fourth-order valence-electron chi connectivity index (χ4n) is 13.8. The molecule has 9 atom stereocenters. The molecule has 0 radical (unpaired) electrons. The van der Waals surface area contributed by atoms with E-state index in [1.54, 1.807) is 12.2 Å². The highest BCUT2D eigenvalue weighted by molar-refractivity contribution is 6.01. The van der Waals surface area contributed by atoms with Gasteiger partial charge in [-0.1, -0.05) is 37.6 Å². The molecule has 9 rings (SSSR count). The van der Waals surface area contributed by atoms with Gasteiger partial charge < -0.3 is 36.2 Å². The SMILES string of the molecule is C[C@]12C=CC(=O)C=C1CC[C@@H]1[C@@H]2[C@@H](O)C[C@@]2(C)[C@H]1C[C@H]1CN(c3ccc(CC45CC(NC(=O)[C@H](CCC(=O)O)NC(=O)CNC(=O)CON)(C4)C5)cc3)C[C@]12C(=O)CO. The number of hydrogen-bond acceptors (Lipinski definition) is 11. The Morgan fingerprint density at radius 3 is 2.47 bits per heavy atom. The highest BCUT2D eigenvalue weighted by Gasteiger charge is 2.73. The molecule has 0 unspecified atom stereocenters. The largest absolute Gasteiger partial charge is 0.481 e. The molecule has 59 heavy (non-hydrogen) atoms. The zero-order valence-electron chi connectivity index (χ0n) is 33.8. The van der Waals surface area contributed by atoms with E-state index in [0.717, 1.165) is 61.8 Å². The summed E-state index contributed by atoms with van der Waals surface area (Å²) in [6.07, 6.45) is 10.5. The molecule has 15 nitrogen and oxygen atoms in total. The minimum absolute atomic E-state index is 0.00398. The summed E-state index contributed by atoms with van der Waals surface area (Å²) in [5.74, 6) is 2.37. The maximum absolute atomic E-state index is 14.1. The topological polar surface area (TPSA) is 238 Å². The number of carboxylic acids is 1. The molecule has 3 amide bonds. The normalized spacial score (nSPS) is 37.6. The number of fused-ring (bicyclic) bond motifs is 7. The monoisotopic (exact) mass is 815 g/mol. The molecule has 8 N–H and O–H groups in total. The van der Waals surface area contributed by atoms with Crippen molar-refractivity contribution in [2.24, 2.45) is 51.2 Å². The smallest absolute Gasteiger partial charge is 0.303 e. The fraction of sp³-hybridized carbons (Fsp3) is 0.636. The lowest BCUT2D eigenvalue weighted by Crippen LogP contribution is -2.76. The number of amides is 3. The van der Waals surface area contributed by atoms with Gasteiger partial charge in [-0.3, -0.25) is 33.6 Å². The summed E-state index contributed by atoms with van der Waals surface area (Å²) < 4.78 is 0. The Bertz CT molecular complexity index is 1980. The van der Waals surface area contributed by atoms with E-state index in [1.807, 2.05) is 6.08 Å². The van der Waals surface area contributed by atoms with Gasteiger partial charge in [-0.15, -0.1) is 0 Å². The van der Waals surface area contributed by atoms with Gasteiger partial charge in [0.25, 0.3) is 0 Å². The van der Waals surface area contributed by atoms with Crippen LogP contribution in [0.15, 0.2) is 48.1 Å². The van der Waals surface area contributed by atoms with Gasteiger partial charge in [-0.2, -0.15) is 0 Å². The van der Waals surface area contributed by atoms with Crippen molar-refractivity contribution in [3.05, 3.63) is 53.6 Å². The van der Waals surface area contributed by atoms with Crippen molar-refractivity contribution in [1.82, 2.24) is 16.0 Å². The van der Waals surface area contributed by atoms with Gasteiger partial charge in [0, 0.05) is 42.1 Å². The number of carbonyl (C=O) groups is 6. The van der Waals surface area contributed by atoms with E-state index in [-0.39, 0.29) is 58.9 Å². The van der Waals surface area contributed by atoms with E-state index < -0.39 is 72.0 Å². The molecule has 1 aromatic carbocycles. The summed E-state index contributed by atoms with van der Waals surface area (Å²) >= 11 is 0. The number of carbonyl (C=O) groups excluding carboxylic acids is 5. The second kappa shape index (κ2) is 14.9. The number of rotatable bonds is 15. The lowest BCUT2D eigenvalue weighted by atomic mass is 9.38. The average molecular weight is 816 g/mol. The average Bonchev–Trinajstić information content (AvgIpc) is 3.67. The van der Waals surface area contributed by atoms with Crippen LogP contribution in [-0.4, -0.2) is 101 Å². The van der Waals surface area contributed by atoms with Crippen LogP contribution in [0, 0.1) is 45.3 Å². The number of nitrogens with zero attached hydrogens (tertiary/aromatic N) is 1. The highest BCUT2D eigenvalue weighted by atomic mass is 16.6. The third-order valence-corrected chi connectivity index (χ3v) is 16.0. The van der Waals surface area contributed by atoms with Gasteiger partial charge >= 0.3 is 5.97 Å². The summed E-state index contributed by atoms with van der Waals surface area (Å²) in [5, 5.41) is 39.6. The van der Waals surface area contributed by atoms with Gasteiger partial charge in [-0.05, 0) is 116 Å². The maximum atomic E-state index is 14.1. The van der Waals surface area contributed by atoms with Crippen LogP contribution in [0.25, 0.3) is 0 Å². The zero-order chi connectivity index (χ0) is 42.1. The number of anilines is 1. The number of Topliss-reactive ketones (excluding diaryl/α,β-unsaturated/α-hetero) is 1. The molecule has 0 aromatic heterocycles. The van der Waals surface area contributed by atoms with E-state index in [0.29, 0.717) is 19.5 Å². The predicted octanol–water partition coefficient (Wildman–Crippen LogP) is 1.50. The number of aliphatic carboxylic acids is 1. The Morgan fingerprint density at radius 1 is 1.07 bits per heavy atom. The number of carboxylic acid groups (broad SMARTS) is 1. The van der Waals surface area contributed by atoms with Crippen molar-refractivity contribution in [2.75, 3.05) is 37.7 Å². The molecular weight excluding hydrogens is 759 g/mol. The Kier molecular flexibility index (Phi) is 10.4. The minimum Gasteiger partial charge on any atom is -0.481 e. The van der Waals surface area contributed by atoms with Crippen molar-refractivity contribution < 1.29 is 48.9 Å². The van der Waals surface area contributed by atoms with Crippen molar-refractivity contribution >= 4 is 40.9 Å². The molecule has 15 heteroatoms. The number of nitrogens with two attached hydrogens (primary N) is 1. The van der Waals surface area contributed by atoms with Gasteiger partial charge in [0.15, 0.2) is 11.6 Å². The number of benzene rings is 1. The third kappa shape index (κ3) is 6.81. The minimum atomic E-state index is -1.10. The number of ketones is 2. The van der Waals surface area contributed by atoms with Crippen LogP contribution in [0.2, 0.25) is 0 Å². The maximum Gasteiger partial charge on any atom is 0.303 e. The molecular formula is C44H57N5O10. The molecule has 1 aliphatic heterocycles. The van der Waals surface area contributed by atoms with Crippen LogP contribution in [0.3, 0.4) is 0 Å². The zero-order valence-corrected chi connectivity index (χ0v) is 33.8. The third-order valence-electron chi connectivity index (χ3n) is 16.0. The molecule has 1 aromatic rings. The molecule has 1 heterocycles. The number of allylic oxidation sites excluding steroid dienone is 4. The summed E-state index contributed by atoms with van der Waals surface area (Å²) in [6.45, 7) is 4.15. The van der Waals surface area contributed by atoms with Gasteiger partial charge in [0.2, 0.25) is 17.7 Å². The van der Waals surface area contributed by atoms with Gasteiger partial charge in [0.1, 0.15) is 19.3 Å². The summed E-state index contributed by atoms with van der Waals surface area (Å²) in [5.41, 5.74) is 1.24. The van der Waals surface area contributed by atoms with Crippen molar-refractivity contribution in [3.63, 3.8) is 0 Å².